The Morgan fingerprint density at radius 2 is 1.19 bits per heavy atom. The van der Waals surface area contributed by atoms with Crippen LogP contribution in [0, 0.1) is 6.92 Å². The van der Waals surface area contributed by atoms with Gasteiger partial charge in [-0.3, -0.25) is 0 Å². The normalized spacial score (nSPS) is 20.7. The summed E-state index contributed by atoms with van der Waals surface area (Å²) in [7, 11) is 0. The fourth-order valence-corrected chi connectivity index (χ4v) is 4.61. The molecule has 0 N–H and O–H groups in total. The van der Waals surface area contributed by atoms with Gasteiger partial charge in [0.05, 0.1) is 0 Å². The lowest BCUT2D eigenvalue weighted by molar-refractivity contribution is 0.734. The van der Waals surface area contributed by atoms with E-state index in [1.165, 1.54) is 22.5 Å². The third kappa shape index (κ3) is 2.59. The fourth-order valence-electron chi connectivity index (χ4n) is 4.61. The van der Waals surface area contributed by atoms with Gasteiger partial charge in [-0.2, -0.15) is 0 Å². The molecule has 0 saturated carbocycles. The highest BCUT2D eigenvalue weighted by molar-refractivity contribution is 5.74. The molecule has 0 spiro atoms. The third-order valence-electron chi connectivity index (χ3n) is 5.72. The topological polar surface area (TPSA) is 32.3 Å². The summed E-state index contributed by atoms with van der Waals surface area (Å²) in [5.41, 5.74) is 5.32. The highest BCUT2D eigenvalue weighted by Gasteiger charge is 2.31. The number of benzene rings is 2. The first-order valence-corrected chi connectivity index (χ1v) is 9.72. The lowest BCUT2D eigenvalue weighted by atomic mass is 10.1. The summed E-state index contributed by atoms with van der Waals surface area (Å²) in [4.78, 5) is 14.3. The molecule has 0 bridgehead atoms. The zero-order valence-electron chi connectivity index (χ0n) is 16.1. The van der Waals surface area contributed by atoms with Crippen molar-refractivity contribution in [2.45, 2.75) is 45.7 Å². The first-order chi connectivity index (χ1) is 13.1. The summed E-state index contributed by atoms with van der Waals surface area (Å²) < 4.78 is 0. The maximum absolute atomic E-state index is 4.81. The molecule has 0 fully saturated rings. The van der Waals surface area contributed by atoms with Crippen LogP contribution in [-0.2, 0) is 12.8 Å². The Morgan fingerprint density at radius 3 is 1.67 bits per heavy atom. The van der Waals surface area contributed by atoms with Crippen molar-refractivity contribution in [1.29, 1.82) is 0 Å². The van der Waals surface area contributed by atoms with E-state index in [0.717, 1.165) is 30.3 Å². The van der Waals surface area contributed by atoms with E-state index >= 15 is 0 Å². The van der Waals surface area contributed by atoms with Gasteiger partial charge in [0.25, 0.3) is 0 Å². The number of para-hydroxylation sites is 2. The van der Waals surface area contributed by atoms with Crippen LogP contribution >= 0.6 is 0 Å². The molecule has 0 radical (unpaired) electrons. The van der Waals surface area contributed by atoms with Gasteiger partial charge in [0.1, 0.15) is 17.5 Å². The highest BCUT2D eigenvalue weighted by Crippen LogP contribution is 2.41. The van der Waals surface area contributed by atoms with Gasteiger partial charge < -0.3 is 9.80 Å². The number of hydrogen-bond acceptors (Lipinski definition) is 4. The lowest BCUT2D eigenvalue weighted by Crippen LogP contribution is -2.28. The van der Waals surface area contributed by atoms with E-state index in [0.29, 0.717) is 12.1 Å². The Morgan fingerprint density at radius 1 is 0.741 bits per heavy atom. The average molecular weight is 356 g/mol. The van der Waals surface area contributed by atoms with Crippen LogP contribution in [0.15, 0.2) is 54.6 Å². The first-order valence-electron chi connectivity index (χ1n) is 9.72. The number of fused-ring (bicyclic) bond motifs is 2. The van der Waals surface area contributed by atoms with Crippen LogP contribution in [0.25, 0.3) is 0 Å². The predicted octanol–water partition coefficient (Wildman–Crippen LogP) is 4.95. The average Bonchev–Trinajstić information content (AvgIpc) is 3.16. The molecule has 0 saturated heterocycles. The number of aromatic nitrogens is 2. The molecule has 2 aromatic carbocycles. The first kappa shape index (κ1) is 16.3. The standard InChI is InChI=1S/C23H24N4/c1-15-12-18-8-4-6-10-20(18)26(15)22-14-23(25-17(3)24-22)27-16(2)13-19-9-5-7-11-21(19)27/h4-11,14-16H,12-13H2,1-3H3. The summed E-state index contributed by atoms with van der Waals surface area (Å²) in [6, 6.07) is 20.2. The number of nitrogens with zero attached hydrogens (tertiary/aromatic N) is 4. The number of rotatable bonds is 2. The van der Waals surface area contributed by atoms with E-state index < -0.39 is 0 Å². The summed E-state index contributed by atoms with van der Waals surface area (Å²) in [6.45, 7) is 6.53. The van der Waals surface area contributed by atoms with Crippen LogP contribution in [0.2, 0.25) is 0 Å². The summed E-state index contributed by atoms with van der Waals surface area (Å²) >= 11 is 0. The zero-order chi connectivity index (χ0) is 18.5. The molecule has 27 heavy (non-hydrogen) atoms. The van der Waals surface area contributed by atoms with Crippen molar-refractivity contribution in [3.63, 3.8) is 0 Å². The summed E-state index contributed by atoms with van der Waals surface area (Å²) in [5.74, 6) is 2.80. The monoisotopic (exact) mass is 356 g/mol. The van der Waals surface area contributed by atoms with Crippen molar-refractivity contribution in [1.82, 2.24) is 9.97 Å². The SMILES string of the molecule is Cc1nc(N2c3ccccc3CC2C)cc(N2c3ccccc3CC2C)n1. The maximum Gasteiger partial charge on any atom is 0.139 e. The molecular formula is C23H24N4. The van der Waals surface area contributed by atoms with Gasteiger partial charge in [0, 0.05) is 29.5 Å². The number of hydrogen-bond donors (Lipinski definition) is 0. The van der Waals surface area contributed by atoms with E-state index in [-0.39, 0.29) is 0 Å². The van der Waals surface area contributed by atoms with Gasteiger partial charge in [-0.15, -0.1) is 0 Å². The van der Waals surface area contributed by atoms with Crippen LogP contribution in [0.4, 0.5) is 23.0 Å². The van der Waals surface area contributed by atoms with Gasteiger partial charge in [-0.05, 0) is 56.9 Å². The van der Waals surface area contributed by atoms with Crippen molar-refractivity contribution in [2.75, 3.05) is 9.80 Å². The third-order valence-corrected chi connectivity index (χ3v) is 5.72. The molecule has 3 aromatic rings. The molecule has 2 unspecified atom stereocenters. The smallest absolute Gasteiger partial charge is 0.139 e. The van der Waals surface area contributed by atoms with Crippen LogP contribution in [0.3, 0.4) is 0 Å². The van der Waals surface area contributed by atoms with Crippen molar-refractivity contribution in [3.8, 4) is 0 Å². The Balaban J connectivity index is 1.61. The molecule has 5 rings (SSSR count). The minimum absolute atomic E-state index is 0.396. The zero-order valence-corrected chi connectivity index (χ0v) is 16.1. The second-order valence-electron chi connectivity index (χ2n) is 7.74. The molecule has 4 heteroatoms. The summed E-state index contributed by atoms with van der Waals surface area (Å²) in [5, 5.41) is 0. The molecule has 136 valence electrons. The van der Waals surface area contributed by atoms with Crippen molar-refractivity contribution in [2.24, 2.45) is 0 Å². The predicted molar refractivity (Wildman–Crippen MR) is 110 cm³/mol. The molecule has 2 atom stereocenters. The van der Waals surface area contributed by atoms with Gasteiger partial charge in [-0.25, -0.2) is 9.97 Å². The summed E-state index contributed by atoms with van der Waals surface area (Å²) in [6.07, 6.45) is 2.11. The molecule has 0 aliphatic carbocycles. The molecule has 0 amide bonds. The van der Waals surface area contributed by atoms with Crippen LogP contribution in [-0.4, -0.2) is 22.1 Å². The Hall–Kier alpha value is -2.88. The van der Waals surface area contributed by atoms with Crippen LogP contribution < -0.4 is 9.80 Å². The van der Waals surface area contributed by atoms with Gasteiger partial charge in [0.15, 0.2) is 0 Å². The van der Waals surface area contributed by atoms with E-state index in [9.17, 15) is 0 Å². The van der Waals surface area contributed by atoms with Crippen LogP contribution in [0.1, 0.15) is 30.8 Å². The highest BCUT2D eigenvalue weighted by atomic mass is 15.3. The molecule has 4 nitrogen and oxygen atoms in total. The molecule has 3 heterocycles. The second kappa shape index (κ2) is 6.08. The van der Waals surface area contributed by atoms with E-state index in [1.54, 1.807) is 0 Å². The van der Waals surface area contributed by atoms with Gasteiger partial charge >= 0.3 is 0 Å². The van der Waals surface area contributed by atoms with Crippen molar-refractivity contribution < 1.29 is 0 Å². The minimum atomic E-state index is 0.396. The fraction of sp³-hybridized carbons (Fsp3) is 0.304. The molecule has 2 aliphatic heterocycles. The van der Waals surface area contributed by atoms with E-state index in [1.807, 2.05) is 6.92 Å². The minimum Gasteiger partial charge on any atom is -0.323 e. The molecule has 1 aromatic heterocycles. The Bertz CT molecular complexity index is 935. The Labute approximate surface area is 160 Å². The molecule has 2 aliphatic rings. The number of anilines is 4. The van der Waals surface area contributed by atoms with Crippen LogP contribution in [0.5, 0.6) is 0 Å². The lowest BCUT2D eigenvalue weighted by Gasteiger charge is -2.28. The van der Waals surface area contributed by atoms with Crippen molar-refractivity contribution >= 4 is 23.0 Å². The second-order valence-corrected chi connectivity index (χ2v) is 7.74. The largest absolute Gasteiger partial charge is 0.323 e. The van der Waals surface area contributed by atoms with E-state index in [4.69, 9.17) is 9.97 Å². The van der Waals surface area contributed by atoms with Gasteiger partial charge in [-0.1, -0.05) is 36.4 Å². The molecular weight excluding hydrogens is 332 g/mol. The van der Waals surface area contributed by atoms with Gasteiger partial charge in [0.2, 0.25) is 0 Å². The Kier molecular flexibility index (Phi) is 3.67. The number of aryl methyl sites for hydroxylation is 1. The van der Waals surface area contributed by atoms with E-state index in [2.05, 4.69) is 78.2 Å². The quantitative estimate of drug-likeness (QED) is 0.650. The van der Waals surface area contributed by atoms with Crippen molar-refractivity contribution in [3.05, 3.63) is 71.5 Å². The maximum atomic E-state index is 4.81.